The summed E-state index contributed by atoms with van der Waals surface area (Å²) in [7, 11) is 8.89. The Morgan fingerprint density at radius 1 is 0.772 bits per heavy atom. The van der Waals surface area contributed by atoms with Crippen molar-refractivity contribution in [1.29, 1.82) is 0 Å². The molecule has 31 nitrogen and oxygen atoms in total. The molecule has 3 unspecified atom stereocenters. The van der Waals surface area contributed by atoms with Crippen LogP contribution < -0.4 is 25.4 Å². The number of hydrogen-bond acceptors (Lipinski definition) is 34. The van der Waals surface area contributed by atoms with Gasteiger partial charge in [-0.05, 0) is 94.3 Å². The molecule has 22 atom stereocenters. The monoisotopic (exact) mass is 1780 g/mol. The molecule has 1 aromatic rings. The van der Waals surface area contributed by atoms with E-state index in [4.69, 9.17) is 95.8 Å². The molecule has 0 amide bonds. The van der Waals surface area contributed by atoms with Gasteiger partial charge in [-0.15, -0.1) is 0 Å². The van der Waals surface area contributed by atoms with Crippen LogP contribution in [0.15, 0.2) is 23.3 Å². The van der Waals surface area contributed by atoms with E-state index >= 15 is 0 Å². The highest BCUT2D eigenvalue weighted by molar-refractivity contribution is 14.1. The van der Waals surface area contributed by atoms with E-state index in [1.807, 2.05) is 40.5 Å². The molecular formula is C79H120IN3O28S3. The van der Waals surface area contributed by atoms with Crippen molar-refractivity contribution in [3.8, 4) is 40.9 Å². The molecule has 1 spiro atoms. The van der Waals surface area contributed by atoms with Crippen molar-refractivity contribution in [1.82, 2.24) is 10.4 Å². The van der Waals surface area contributed by atoms with E-state index in [2.05, 4.69) is 43.0 Å². The van der Waals surface area contributed by atoms with Crippen LogP contribution in [-0.2, 0) is 90.3 Å². The number of hydrogen-bond donors (Lipinski definition) is 7. The summed E-state index contributed by atoms with van der Waals surface area (Å²) in [5.74, 6) is 11.0. The summed E-state index contributed by atoms with van der Waals surface area (Å²) >= 11 is 2.83. The Bertz CT molecular complexity index is 3430. The van der Waals surface area contributed by atoms with E-state index in [-0.39, 0.29) is 90.7 Å². The van der Waals surface area contributed by atoms with Gasteiger partial charge < -0.3 is 121 Å². The number of aliphatic hydroxyl groups excluding tert-OH is 4. The smallest absolute Gasteiger partial charge is 0.229 e. The number of carbonyl (C=O) groups is 4. The first kappa shape index (κ1) is 96.2. The average Bonchev–Trinajstić information content (AvgIpc) is 1.45. The zero-order valence-electron chi connectivity index (χ0n) is 67.7. The Balaban J connectivity index is 0.914. The van der Waals surface area contributed by atoms with Gasteiger partial charge in [-0.1, -0.05) is 83.9 Å². The molecule has 8 rings (SSSR count). The standard InChI is InChI=1S/C79H120IN3O28S3/c1-14-83(43-52(85)18-16-24-97-26-28-99-30-32-101-34-36-103-37-35-102-33-31-100-29-27-98-25-23-81)55-44-104-60(41-59(55)93-10)109-72-67(89)65(49(7)106-77(72)108-58-19-15-17-46(4)20-22-78-54(39-47(5)84)57(87)42-79(78,92)53(63(58)78)21-38-112-114-45(2)3)82-111-61-40-56(86)74(51(9)105-61)113-75(91)62-48(6)64(80)70(73(96-13)69(62)94-11)110-76-68(90)71(95-12)66(88)50(8)107-76/h17,21,45,49-51,54-56,58-61,63,65-68,71-72,74,76-77,82,86,88-90,92H,14,16,18,23-44,81H2,1-13H3/b46-17-,53-21+/t49-,50+,51-,54?,55+,56+,58+,59+,60+,61+,63?,65-,66+,67+,68-,71-,72-,74-,76+,77+,78?,79+/m1/s1. The van der Waals surface area contributed by atoms with Crippen molar-refractivity contribution in [2.75, 3.05) is 153 Å². The molecule has 35 heteroatoms. The molecular weight excluding hydrogens is 1660 g/mol. The molecule has 7 aliphatic rings. The first-order valence-electron chi connectivity index (χ1n) is 39.1. The van der Waals surface area contributed by atoms with Gasteiger partial charge in [0.2, 0.25) is 17.2 Å². The topological polar surface area (TPSA) is 386 Å². The van der Waals surface area contributed by atoms with Crippen LogP contribution in [0.1, 0.15) is 110 Å². The number of ether oxygens (including phenoxy) is 18. The predicted octanol–water partition coefficient (Wildman–Crippen LogP) is 4.46. The van der Waals surface area contributed by atoms with Crippen molar-refractivity contribution in [3.05, 3.63) is 38.0 Å². The maximum atomic E-state index is 14.6. The zero-order valence-corrected chi connectivity index (χ0v) is 72.3. The number of hydroxylamine groups is 1. The normalized spacial score (nSPS) is 32.9. The highest BCUT2D eigenvalue weighted by atomic mass is 127. The summed E-state index contributed by atoms with van der Waals surface area (Å²) in [4.78, 5) is 64.0. The Kier molecular flexibility index (Phi) is 40.3. The van der Waals surface area contributed by atoms with Crippen molar-refractivity contribution in [2.45, 2.75) is 221 Å². The van der Waals surface area contributed by atoms with Gasteiger partial charge in [0.05, 0.1) is 176 Å². The summed E-state index contributed by atoms with van der Waals surface area (Å²) in [5.41, 5.74) is 6.64. The van der Waals surface area contributed by atoms with Crippen LogP contribution in [0.4, 0.5) is 0 Å². The van der Waals surface area contributed by atoms with Crippen LogP contribution >= 0.6 is 55.9 Å². The Hall–Kier alpha value is -3.28. The quantitative estimate of drug-likeness (QED) is 0.0118. The molecule has 6 fully saturated rings. The minimum Gasteiger partial charge on any atom is -0.492 e. The number of Topliss-reactive ketones (excluding diaryl/α,β-unsaturated/α-hetero) is 3. The molecule has 8 N–H and O–H groups in total. The van der Waals surface area contributed by atoms with Gasteiger partial charge in [0.15, 0.2) is 30.4 Å². The maximum Gasteiger partial charge on any atom is 0.229 e. The van der Waals surface area contributed by atoms with Crippen LogP contribution in [0.25, 0.3) is 0 Å². The first-order chi connectivity index (χ1) is 54.7. The number of nitrogens with zero attached hydrogens (tertiary/aromatic N) is 1. The van der Waals surface area contributed by atoms with Gasteiger partial charge in [0, 0.05) is 87.9 Å². The zero-order chi connectivity index (χ0) is 82.8. The van der Waals surface area contributed by atoms with Crippen molar-refractivity contribution in [3.63, 3.8) is 0 Å². The number of carbonyl (C=O) groups excluding carboxylic acids is 4. The lowest BCUT2D eigenvalue weighted by atomic mass is 9.44. The van der Waals surface area contributed by atoms with E-state index in [1.165, 1.54) is 28.3 Å². The Morgan fingerprint density at radius 2 is 1.39 bits per heavy atom. The maximum absolute atomic E-state index is 14.6. The van der Waals surface area contributed by atoms with E-state index in [0.29, 0.717) is 138 Å². The Labute approximate surface area is 695 Å². The number of thioether (sulfide) groups is 1. The Morgan fingerprint density at radius 3 is 1.97 bits per heavy atom. The van der Waals surface area contributed by atoms with Crippen LogP contribution in [0.5, 0.6) is 17.2 Å². The number of allylic oxidation sites excluding steroid dienone is 2. The number of nitrogens with one attached hydrogen (secondary N) is 1. The summed E-state index contributed by atoms with van der Waals surface area (Å²) in [5, 5.41) is 58.6. The summed E-state index contributed by atoms with van der Waals surface area (Å²) < 4.78 is 108. The summed E-state index contributed by atoms with van der Waals surface area (Å²) in [6.07, 6.45) is -13.3. The number of benzene rings is 1. The lowest BCUT2D eigenvalue weighted by Crippen LogP contribution is -2.69. The highest BCUT2D eigenvalue weighted by Gasteiger charge is 2.78. The molecule has 4 heterocycles. The van der Waals surface area contributed by atoms with E-state index in [0.717, 1.165) is 11.8 Å². The third-order valence-electron chi connectivity index (χ3n) is 20.9. The van der Waals surface area contributed by atoms with Gasteiger partial charge in [0.25, 0.3) is 0 Å². The van der Waals surface area contributed by atoms with E-state index < -0.39 is 138 Å². The fourth-order valence-electron chi connectivity index (χ4n) is 15.2. The van der Waals surface area contributed by atoms with E-state index in [9.17, 15) is 44.7 Å². The number of likely N-dealkylation sites (N-methyl/N-ethyl adjacent to an activating group) is 1. The number of aliphatic hydroxyl groups is 5. The van der Waals surface area contributed by atoms with Crippen molar-refractivity contribution in [2.24, 2.45) is 23.0 Å². The molecule has 2 saturated carbocycles. The average molecular weight is 1780 g/mol. The van der Waals surface area contributed by atoms with Gasteiger partial charge in [-0.3, -0.25) is 24.1 Å². The SMILES string of the molecule is CCN(CC(=O)CCCOCCOCCOCCOCCOCCOCCOCCN)[C@H]1CO[C@@H](O[C@H]2[C@H](O[C@H]3C#C/C=C(/C)C#CC45C(CC(C)=O)C(=O)C[C@]4(O)/C(=C/CSSC(C)C)C35)O[C@H](C)[C@@H](NO[C@H]3C[C@H](O)[C@H](SC(=O)c4c(C)c(I)c(O[C@@H]5O[C@@H](C)[C@H](O)[C@@H](OC)[C@H]5O)c(OC)c4OC)[C@@H](C)O3)[C@@H]2O)C[C@@H]1OC. The van der Waals surface area contributed by atoms with Gasteiger partial charge in [0.1, 0.15) is 59.6 Å². The largest absolute Gasteiger partial charge is 0.492 e. The molecule has 3 aliphatic carbocycles. The highest BCUT2D eigenvalue weighted by Crippen LogP contribution is 2.70. The van der Waals surface area contributed by atoms with Gasteiger partial charge in [-0.2, -0.15) is 5.48 Å². The van der Waals surface area contributed by atoms with Crippen LogP contribution in [0.3, 0.4) is 0 Å². The van der Waals surface area contributed by atoms with Crippen LogP contribution in [0, 0.1) is 51.4 Å². The molecule has 0 bridgehead atoms. The second-order valence-electron chi connectivity index (χ2n) is 29.2. The molecule has 0 aromatic heterocycles. The number of rotatable bonds is 49. The number of nitrogens with two attached hydrogens (primary N) is 1. The second kappa shape index (κ2) is 47.8. The number of halogens is 1. The summed E-state index contributed by atoms with van der Waals surface area (Å²) in [6.45, 7) is 23.2. The molecule has 4 aliphatic heterocycles. The minimum atomic E-state index is -1.78. The lowest BCUT2D eigenvalue weighted by Gasteiger charge is -2.60. The second-order valence-corrected chi connectivity index (χ2v) is 34.4. The summed E-state index contributed by atoms with van der Waals surface area (Å²) in [6, 6.07) is -1.51. The predicted molar refractivity (Wildman–Crippen MR) is 431 cm³/mol. The molecule has 644 valence electrons. The molecule has 4 saturated heterocycles. The van der Waals surface area contributed by atoms with E-state index in [1.54, 1.807) is 69.4 Å². The minimum absolute atomic E-state index is 0.00196. The number of methoxy groups -OCH3 is 4. The molecule has 114 heavy (non-hydrogen) atoms. The lowest BCUT2D eigenvalue weighted by molar-refractivity contribution is -0.344. The third kappa shape index (κ3) is 25.0. The fourth-order valence-corrected chi connectivity index (χ4v) is 18.8. The fraction of sp³-hybridized carbons (Fsp3) is 0.772. The van der Waals surface area contributed by atoms with Gasteiger partial charge >= 0.3 is 0 Å². The van der Waals surface area contributed by atoms with Crippen LogP contribution in [0.2, 0.25) is 0 Å². The van der Waals surface area contributed by atoms with Crippen molar-refractivity contribution >= 4 is 78.4 Å². The molecule has 1 aromatic carbocycles. The number of ketones is 3. The van der Waals surface area contributed by atoms with Crippen molar-refractivity contribution < 1.29 is 135 Å². The third-order valence-corrected chi connectivity index (χ3v) is 26.4. The molecule has 0 radical (unpaired) electrons. The van der Waals surface area contributed by atoms with Gasteiger partial charge in [-0.25, -0.2) is 0 Å². The first-order valence-corrected chi connectivity index (χ1v) is 43.4. The van der Waals surface area contributed by atoms with Crippen LogP contribution in [-0.4, -0.2) is 326 Å².